The fourth-order valence-electron chi connectivity index (χ4n) is 3.15. The highest BCUT2D eigenvalue weighted by Crippen LogP contribution is 2.35. The summed E-state index contributed by atoms with van der Waals surface area (Å²) in [5.74, 6) is -0.679. The van der Waals surface area contributed by atoms with Crippen molar-refractivity contribution in [3.05, 3.63) is 77.9 Å². The lowest BCUT2D eigenvalue weighted by Crippen LogP contribution is -2.17. The molecule has 1 atom stereocenters. The molecule has 3 aromatic carbocycles. The average Bonchev–Trinajstić information content (AvgIpc) is 2.62. The van der Waals surface area contributed by atoms with E-state index in [0.717, 1.165) is 27.6 Å². The van der Waals surface area contributed by atoms with Gasteiger partial charge in [0.15, 0.2) is 0 Å². The van der Waals surface area contributed by atoms with E-state index in [1.54, 1.807) is 0 Å². The van der Waals surface area contributed by atoms with Gasteiger partial charge in [-0.2, -0.15) is 0 Å². The van der Waals surface area contributed by atoms with Gasteiger partial charge in [-0.15, -0.1) is 0 Å². The Labute approximate surface area is 142 Å². The Morgan fingerprint density at radius 1 is 0.875 bits per heavy atom. The Bertz CT molecular complexity index is 856. The molecule has 24 heavy (non-hydrogen) atoms. The quantitative estimate of drug-likeness (QED) is 0.675. The third-order valence-corrected chi connectivity index (χ3v) is 4.30. The van der Waals surface area contributed by atoms with Gasteiger partial charge in [0.2, 0.25) is 0 Å². The molecular weight excluding hydrogens is 298 g/mol. The molecule has 0 bridgehead atoms. The van der Waals surface area contributed by atoms with Gasteiger partial charge >= 0.3 is 5.97 Å². The first-order valence-corrected chi connectivity index (χ1v) is 7.95. The molecule has 3 nitrogen and oxygen atoms in total. The lowest BCUT2D eigenvalue weighted by molar-refractivity contribution is -0.141. The Hall–Kier alpha value is -2.81. The highest BCUT2D eigenvalue weighted by Gasteiger charge is 2.25. The number of nitrogens with zero attached hydrogens (tertiary/aromatic N) is 1. The van der Waals surface area contributed by atoms with Crippen LogP contribution in [0.25, 0.3) is 10.8 Å². The predicted molar refractivity (Wildman–Crippen MR) is 98.6 cm³/mol. The van der Waals surface area contributed by atoms with E-state index in [2.05, 4.69) is 23.1 Å². The molecule has 0 saturated carbocycles. The van der Waals surface area contributed by atoms with Gasteiger partial charge in [-0.3, -0.25) is 4.79 Å². The van der Waals surface area contributed by atoms with Crippen LogP contribution in [0.1, 0.15) is 17.0 Å². The molecular formula is C21H21NO2. The van der Waals surface area contributed by atoms with E-state index in [0.29, 0.717) is 0 Å². The minimum atomic E-state index is -0.433. The van der Waals surface area contributed by atoms with Crippen molar-refractivity contribution in [3.8, 4) is 0 Å². The number of ether oxygens (including phenoxy) is 1. The maximum Gasteiger partial charge on any atom is 0.317 e. The minimum Gasteiger partial charge on any atom is -0.468 e. The summed E-state index contributed by atoms with van der Waals surface area (Å²) < 4.78 is 5.10. The Morgan fingerprint density at radius 3 is 2.12 bits per heavy atom. The van der Waals surface area contributed by atoms with Crippen molar-refractivity contribution in [2.75, 3.05) is 26.1 Å². The molecule has 3 heteroatoms. The molecule has 0 aliphatic heterocycles. The molecule has 0 fully saturated rings. The summed E-state index contributed by atoms with van der Waals surface area (Å²) in [5, 5.41) is 2.20. The van der Waals surface area contributed by atoms with Crippen LogP contribution in [-0.2, 0) is 9.53 Å². The number of methoxy groups -OCH3 is 1. The standard InChI is InChI=1S/C21H21NO2/c1-22(2)19-14-13-18(16-11-7-8-12-17(16)19)20(21(23)24-3)15-9-5-4-6-10-15/h4-14,20H,1-3H3. The maximum absolute atomic E-state index is 12.5. The van der Waals surface area contributed by atoms with Gasteiger partial charge < -0.3 is 9.64 Å². The molecule has 0 aliphatic carbocycles. The van der Waals surface area contributed by atoms with Crippen LogP contribution in [0.4, 0.5) is 5.69 Å². The molecule has 0 amide bonds. The molecule has 0 aromatic heterocycles. The highest BCUT2D eigenvalue weighted by atomic mass is 16.5. The van der Waals surface area contributed by atoms with Crippen LogP contribution in [0.15, 0.2) is 66.7 Å². The van der Waals surface area contributed by atoms with Crippen LogP contribution < -0.4 is 4.90 Å². The Kier molecular flexibility index (Phi) is 4.52. The number of hydrogen-bond donors (Lipinski definition) is 0. The molecule has 0 radical (unpaired) electrons. The first kappa shape index (κ1) is 16.1. The number of hydrogen-bond acceptors (Lipinski definition) is 3. The zero-order valence-electron chi connectivity index (χ0n) is 14.2. The van der Waals surface area contributed by atoms with Crippen LogP contribution in [0.2, 0.25) is 0 Å². The smallest absolute Gasteiger partial charge is 0.317 e. The Balaban J connectivity index is 2.26. The normalized spacial score (nSPS) is 12.0. The number of benzene rings is 3. The summed E-state index contributed by atoms with van der Waals surface area (Å²) in [6.45, 7) is 0. The largest absolute Gasteiger partial charge is 0.468 e. The summed E-state index contributed by atoms with van der Waals surface area (Å²) >= 11 is 0. The first-order valence-electron chi connectivity index (χ1n) is 7.95. The van der Waals surface area contributed by atoms with Gasteiger partial charge in [-0.25, -0.2) is 0 Å². The van der Waals surface area contributed by atoms with E-state index >= 15 is 0 Å². The van der Waals surface area contributed by atoms with E-state index in [9.17, 15) is 4.79 Å². The summed E-state index contributed by atoms with van der Waals surface area (Å²) in [4.78, 5) is 14.6. The van der Waals surface area contributed by atoms with Crippen molar-refractivity contribution in [1.82, 2.24) is 0 Å². The van der Waals surface area contributed by atoms with Crippen molar-refractivity contribution >= 4 is 22.4 Å². The van der Waals surface area contributed by atoms with Crippen LogP contribution >= 0.6 is 0 Å². The van der Waals surface area contributed by atoms with Crippen LogP contribution in [-0.4, -0.2) is 27.2 Å². The highest BCUT2D eigenvalue weighted by molar-refractivity contribution is 5.99. The third-order valence-electron chi connectivity index (χ3n) is 4.30. The van der Waals surface area contributed by atoms with Gasteiger partial charge in [-0.05, 0) is 22.6 Å². The lowest BCUT2D eigenvalue weighted by atomic mass is 9.87. The number of esters is 1. The number of carbonyl (C=O) groups is 1. The third kappa shape index (κ3) is 2.85. The lowest BCUT2D eigenvalue weighted by Gasteiger charge is -2.21. The number of rotatable bonds is 4. The van der Waals surface area contributed by atoms with E-state index in [-0.39, 0.29) is 5.97 Å². The second-order valence-electron chi connectivity index (χ2n) is 5.98. The van der Waals surface area contributed by atoms with Crippen molar-refractivity contribution in [3.63, 3.8) is 0 Å². The van der Waals surface area contributed by atoms with Crippen LogP contribution in [0.3, 0.4) is 0 Å². The summed E-state index contributed by atoms with van der Waals surface area (Å²) in [7, 11) is 5.49. The van der Waals surface area contributed by atoms with Gasteiger partial charge in [0.05, 0.1) is 7.11 Å². The predicted octanol–water partition coefficient (Wildman–Crippen LogP) is 4.21. The van der Waals surface area contributed by atoms with Crippen molar-refractivity contribution < 1.29 is 9.53 Å². The molecule has 0 heterocycles. The van der Waals surface area contributed by atoms with Gasteiger partial charge in [-0.1, -0.05) is 60.7 Å². The summed E-state index contributed by atoms with van der Waals surface area (Å²) in [6, 6.07) is 22.1. The maximum atomic E-state index is 12.5. The molecule has 3 rings (SSSR count). The molecule has 1 unspecified atom stereocenters. The average molecular weight is 319 g/mol. The minimum absolute atomic E-state index is 0.246. The van der Waals surface area contributed by atoms with E-state index in [4.69, 9.17) is 4.74 Å². The topological polar surface area (TPSA) is 29.5 Å². The summed E-state index contributed by atoms with van der Waals surface area (Å²) in [5.41, 5.74) is 3.03. The molecule has 0 spiro atoms. The van der Waals surface area contributed by atoms with Crippen molar-refractivity contribution in [2.45, 2.75) is 5.92 Å². The second-order valence-corrected chi connectivity index (χ2v) is 5.98. The number of fused-ring (bicyclic) bond motifs is 1. The zero-order chi connectivity index (χ0) is 17.1. The summed E-state index contributed by atoms with van der Waals surface area (Å²) in [6.07, 6.45) is 0. The Morgan fingerprint density at radius 2 is 1.50 bits per heavy atom. The van der Waals surface area contributed by atoms with Gasteiger partial charge in [0, 0.05) is 25.2 Å². The second kappa shape index (κ2) is 6.75. The van der Waals surface area contributed by atoms with Gasteiger partial charge in [0.1, 0.15) is 5.92 Å². The van der Waals surface area contributed by atoms with Crippen molar-refractivity contribution in [1.29, 1.82) is 0 Å². The van der Waals surface area contributed by atoms with Crippen molar-refractivity contribution in [2.24, 2.45) is 0 Å². The number of anilines is 1. The molecule has 122 valence electrons. The SMILES string of the molecule is COC(=O)C(c1ccccc1)c1ccc(N(C)C)c2ccccc12. The first-order chi connectivity index (χ1) is 11.6. The zero-order valence-corrected chi connectivity index (χ0v) is 14.2. The van der Waals surface area contributed by atoms with Crippen LogP contribution in [0.5, 0.6) is 0 Å². The van der Waals surface area contributed by atoms with Gasteiger partial charge in [0.25, 0.3) is 0 Å². The van der Waals surface area contributed by atoms with E-state index < -0.39 is 5.92 Å². The number of carbonyl (C=O) groups excluding carboxylic acids is 1. The fraction of sp³-hybridized carbons (Fsp3) is 0.190. The molecule has 0 N–H and O–H groups in total. The molecule has 0 saturated heterocycles. The van der Waals surface area contributed by atoms with E-state index in [1.165, 1.54) is 7.11 Å². The monoisotopic (exact) mass is 319 g/mol. The van der Waals surface area contributed by atoms with Crippen LogP contribution in [0, 0.1) is 0 Å². The molecule has 3 aromatic rings. The van der Waals surface area contributed by atoms with E-state index in [1.807, 2.05) is 62.6 Å². The molecule has 0 aliphatic rings. The fourth-order valence-corrected chi connectivity index (χ4v) is 3.15.